The van der Waals surface area contributed by atoms with Gasteiger partial charge < -0.3 is 15.0 Å². The van der Waals surface area contributed by atoms with Gasteiger partial charge in [0.05, 0.1) is 5.60 Å². The third-order valence-corrected chi connectivity index (χ3v) is 3.84. The molecule has 0 radical (unpaired) electrons. The van der Waals surface area contributed by atoms with Crippen molar-refractivity contribution in [3.63, 3.8) is 0 Å². The van der Waals surface area contributed by atoms with E-state index < -0.39 is 0 Å². The largest absolute Gasteiger partial charge is 0.376 e. The van der Waals surface area contributed by atoms with Crippen molar-refractivity contribution < 1.29 is 4.74 Å². The molecule has 0 saturated carbocycles. The fourth-order valence-electron chi connectivity index (χ4n) is 2.91. The van der Waals surface area contributed by atoms with Crippen LogP contribution in [-0.4, -0.2) is 37.8 Å². The summed E-state index contributed by atoms with van der Waals surface area (Å²) in [5.41, 5.74) is 1.29. The second-order valence-electron chi connectivity index (χ2n) is 6.48. The van der Waals surface area contributed by atoms with Crippen LogP contribution < -0.4 is 10.2 Å². The molecule has 20 heavy (non-hydrogen) atoms. The maximum Gasteiger partial charge on any atom is 0.132 e. The zero-order chi connectivity index (χ0) is 14.6. The molecule has 0 spiro atoms. The van der Waals surface area contributed by atoms with Gasteiger partial charge in [-0.3, -0.25) is 0 Å². The number of nitrogens with zero attached hydrogens (tertiary/aromatic N) is 2. The summed E-state index contributed by atoms with van der Waals surface area (Å²) in [5, 5.41) is 3.58. The number of rotatable bonds is 5. The highest BCUT2D eigenvalue weighted by Crippen LogP contribution is 2.28. The molecule has 4 heteroatoms. The number of hydrogen-bond donors (Lipinski definition) is 1. The first kappa shape index (κ1) is 15.3. The highest BCUT2D eigenvalue weighted by atomic mass is 16.5. The lowest BCUT2D eigenvalue weighted by Crippen LogP contribution is -2.38. The molecule has 0 amide bonds. The van der Waals surface area contributed by atoms with E-state index in [-0.39, 0.29) is 5.60 Å². The minimum atomic E-state index is 0.0354. The first-order chi connectivity index (χ1) is 9.48. The van der Waals surface area contributed by atoms with Crippen LogP contribution in [0.2, 0.25) is 0 Å². The van der Waals surface area contributed by atoms with Crippen LogP contribution in [0.4, 0.5) is 5.82 Å². The number of nitrogens with one attached hydrogen (secondary N) is 1. The number of anilines is 1. The lowest BCUT2D eigenvalue weighted by molar-refractivity contribution is -0.0718. The summed E-state index contributed by atoms with van der Waals surface area (Å²) >= 11 is 0. The fourth-order valence-corrected chi connectivity index (χ4v) is 2.91. The molecule has 1 aliphatic rings. The van der Waals surface area contributed by atoms with Crippen LogP contribution in [0.3, 0.4) is 0 Å². The Morgan fingerprint density at radius 1 is 1.45 bits per heavy atom. The highest BCUT2D eigenvalue weighted by molar-refractivity contribution is 5.44. The Morgan fingerprint density at radius 2 is 2.25 bits per heavy atom. The molecule has 1 aromatic heterocycles. The van der Waals surface area contributed by atoms with Crippen molar-refractivity contribution in [1.29, 1.82) is 0 Å². The van der Waals surface area contributed by atoms with Gasteiger partial charge in [-0.2, -0.15) is 0 Å². The van der Waals surface area contributed by atoms with E-state index in [1.165, 1.54) is 5.56 Å². The van der Waals surface area contributed by atoms with Crippen molar-refractivity contribution in [1.82, 2.24) is 10.3 Å². The van der Waals surface area contributed by atoms with Gasteiger partial charge >= 0.3 is 0 Å². The normalized spacial score (nSPS) is 21.7. The van der Waals surface area contributed by atoms with E-state index in [1.54, 1.807) is 0 Å². The average Bonchev–Trinajstić information content (AvgIpc) is 2.38. The lowest BCUT2D eigenvalue weighted by Gasteiger charge is -2.35. The third-order valence-electron chi connectivity index (χ3n) is 3.84. The minimum absolute atomic E-state index is 0.0354. The first-order valence-corrected chi connectivity index (χ1v) is 7.44. The van der Waals surface area contributed by atoms with Crippen LogP contribution in [0.15, 0.2) is 18.3 Å². The molecule has 2 rings (SSSR count). The Kier molecular flexibility index (Phi) is 5.00. The van der Waals surface area contributed by atoms with Gasteiger partial charge in [-0.25, -0.2) is 4.98 Å². The van der Waals surface area contributed by atoms with E-state index in [1.807, 2.05) is 26.4 Å². The molecule has 1 atom stereocenters. The smallest absolute Gasteiger partial charge is 0.132 e. The summed E-state index contributed by atoms with van der Waals surface area (Å²) in [7, 11) is 4.07. The third kappa shape index (κ3) is 4.18. The van der Waals surface area contributed by atoms with Crippen molar-refractivity contribution in [2.45, 2.75) is 38.8 Å². The molecule has 2 heterocycles. The van der Waals surface area contributed by atoms with Gasteiger partial charge in [0.1, 0.15) is 5.82 Å². The van der Waals surface area contributed by atoms with Crippen LogP contribution >= 0.6 is 0 Å². The second-order valence-corrected chi connectivity index (χ2v) is 6.48. The maximum absolute atomic E-state index is 5.77. The summed E-state index contributed by atoms with van der Waals surface area (Å²) in [6.45, 7) is 7.18. The lowest BCUT2D eigenvalue weighted by atomic mass is 9.88. The van der Waals surface area contributed by atoms with E-state index >= 15 is 0 Å². The summed E-state index contributed by atoms with van der Waals surface area (Å²) in [6, 6.07) is 4.14. The van der Waals surface area contributed by atoms with Gasteiger partial charge in [0.2, 0.25) is 0 Å². The summed E-state index contributed by atoms with van der Waals surface area (Å²) in [6.07, 6.45) is 4.14. The second kappa shape index (κ2) is 6.55. The Bertz CT molecular complexity index is 431. The monoisotopic (exact) mass is 277 g/mol. The zero-order valence-corrected chi connectivity index (χ0v) is 13.1. The Labute approximate surface area is 122 Å². The van der Waals surface area contributed by atoms with Crippen molar-refractivity contribution >= 4 is 5.82 Å². The molecule has 0 bridgehead atoms. The van der Waals surface area contributed by atoms with E-state index in [4.69, 9.17) is 4.74 Å². The molecule has 4 nitrogen and oxygen atoms in total. The van der Waals surface area contributed by atoms with Crippen LogP contribution in [0.25, 0.3) is 0 Å². The minimum Gasteiger partial charge on any atom is -0.376 e. The van der Waals surface area contributed by atoms with Crippen molar-refractivity contribution in [3.8, 4) is 0 Å². The predicted octanol–water partition coefficient (Wildman–Crippen LogP) is 2.44. The Morgan fingerprint density at radius 3 is 2.95 bits per heavy atom. The molecule has 1 N–H and O–H groups in total. The molecule has 112 valence electrons. The van der Waals surface area contributed by atoms with E-state index in [0.29, 0.717) is 5.92 Å². The molecule has 1 aliphatic heterocycles. The fraction of sp³-hybridized carbons (Fsp3) is 0.688. The number of hydrogen-bond acceptors (Lipinski definition) is 4. The summed E-state index contributed by atoms with van der Waals surface area (Å²) < 4.78 is 5.77. The van der Waals surface area contributed by atoms with E-state index in [0.717, 1.165) is 38.4 Å². The van der Waals surface area contributed by atoms with Crippen molar-refractivity contribution in [2.75, 3.05) is 32.1 Å². The molecule has 1 unspecified atom stereocenters. The first-order valence-electron chi connectivity index (χ1n) is 7.44. The standard InChI is InChI=1S/C16H27N3O/c1-16(2)10-13(7-9-20-16)11-17-12-14-6-5-8-18-15(14)19(3)4/h5-6,8,13,17H,7,9-12H2,1-4H3. The molecular weight excluding hydrogens is 250 g/mol. The molecule has 0 aromatic carbocycles. The molecular formula is C16H27N3O. The Balaban J connectivity index is 1.84. The van der Waals surface area contributed by atoms with Gasteiger partial charge in [0.15, 0.2) is 0 Å². The SMILES string of the molecule is CN(C)c1ncccc1CNCC1CCOC(C)(C)C1. The molecule has 1 fully saturated rings. The molecule has 1 saturated heterocycles. The molecule has 1 aromatic rings. The predicted molar refractivity (Wildman–Crippen MR) is 83.0 cm³/mol. The number of pyridine rings is 1. The topological polar surface area (TPSA) is 37.4 Å². The van der Waals surface area contributed by atoms with Gasteiger partial charge in [-0.1, -0.05) is 6.07 Å². The highest BCUT2D eigenvalue weighted by Gasteiger charge is 2.28. The van der Waals surface area contributed by atoms with Crippen LogP contribution in [-0.2, 0) is 11.3 Å². The number of aromatic nitrogens is 1. The van der Waals surface area contributed by atoms with E-state index in [9.17, 15) is 0 Å². The van der Waals surface area contributed by atoms with Gasteiger partial charge in [0.25, 0.3) is 0 Å². The van der Waals surface area contributed by atoms with Crippen LogP contribution in [0.5, 0.6) is 0 Å². The summed E-state index contributed by atoms with van der Waals surface area (Å²) in [4.78, 5) is 6.50. The van der Waals surface area contributed by atoms with Crippen molar-refractivity contribution in [2.24, 2.45) is 5.92 Å². The zero-order valence-electron chi connectivity index (χ0n) is 13.1. The number of ether oxygens (including phenoxy) is 1. The van der Waals surface area contributed by atoms with Gasteiger partial charge in [0, 0.05) is 39.0 Å². The van der Waals surface area contributed by atoms with E-state index in [2.05, 4.69) is 35.1 Å². The quantitative estimate of drug-likeness (QED) is 0.897. The van der Waals surface area contributed by atoms with Crippen molar-refractivity contribution in [3.05, 3.63) is 23.9 Å². The van der Waals surface area contributed by atoms with Gasteiger partial charge in [-0.15, -0.1) is 0 Å². The van der Waals surface area contributed by atoms with Crippen LogP contribution in [0.1, 0.15) is 32.3 Å². The summed E-state index contributed by atoms with van der Waals surface area (Å²) in [5.74, 6) is 1.76. The van der Waals surface area contributed by atoms with Crippen LogP contribution in [0, 0.1) is 5.92 Å². The Hall–Kier alpha value is -1.13. The average molecular weight is 277 g/mol. The maximum atomic E-state index is 5.77. The van der Waals surface area contributed by atoms with Gasteiger partial charge in [-0.05, 0) is 45.2 Å². The molecule has 0 aliphatic carbocycles.